The third-order valence-corrected chi connectivity index (χ3v) is 2.30. The van der Waals surface area contributed by atoms with E-state index in [0.717, 1.165) is 0 Å². The molecule has 2 amide bonds. The lowest BCUT2D eigenvalue weighted by Crippen LogP contribution is -2.36. The largest absolute Gasteiger partial charge is 0.392 e. The summed E-state index contributed by atoms with van der Waals surface area (Å²) in [6, 6.07) is 8.32. The molecule has 1 unspecified atom stereocenters. The van der Waals surface area contributed by atoms with Crippen molar-refractivity contribution in [1.29, 1.82) is 5.26 Å². The van der Waals surface area contributed by atoms with Gasteiger partial charge in [0.2, 0.25) is 0 Å². The molecule has 102 valence electrons. The van der Waals surface area contributed by atoms with E-state index in [4.69, 9.17) is 10.4 Å². The lowest BCUT2D eigenvalue weighted by molar-refractivity contribution is 0.191. The third kappa shape index (κ3) is 6.41. The molecule has 1 aromatic rings. The highest BCUT2D eigenvalue weighted by molar-refractivity contribution is 5.89. The summed E-state index contributed by atoms with van der Waals surface area (Å²) < 4.78 is 0. The predicted molar refractivity (Wildman–Crippen MR) is 72.7 cm³/mol. The molecular weight excluding hydrogens is 244 g/mol. The number of carbonyl (C=O) groups is 1. The van der Waals surface area contributed by atoms with Crippen molar-refractivity contribution in [3.8, 4) is 6.07 Å². The number of anilines is 1. The van der Waals surface area contributed by atoms with Crippen LogP contribution in [0.4, 0.5) is 10.5 Å². The van der Waals surface area contributed by atoms with E-state index in [0.29, 0.717) is 30.9 Å². The number of nitriles is 1. The van der Waals surface area contributed by atoms with E-state index in [-0.39, 0.29) is 6.03 Å². The summed E-state index contributed by atoms with van der Waals surface area (Å²) in [6.07, 6.45) is -0.396. The molecule has 1 aromatic carbocycles. The van der Waals surface area contributed by atoms with Crippen molar-refractivity contribution >= 4 is 11.7 Å². The van der Waals surface area contributed by atoms with Crippen LogP contribution in [0.3, 0.4) is 0 Å². The average Bonchev–Trinajstić information content (AvgIpc) is 2.39. The van der Waals surface area contributed by atoms with Gasteiger partial charge in [-0.3, -0.25) is 0 Å². The quantitative estimate of drug-likeness (QED) is 0.566. The molecule has 0 saturated carbocycles. The number of aliphatic hydroxyl groups is 1. The summed E-state index contributed by atoms with van der Waals surface area (Å²) >= 11 is 0. The molecular formula is C13H18N4O2. The minimum atomic E-state index is -0.396. The maximum absolute atomic E-state index is 11.5. The number of urea groups is 1. The Morgan fingerprint density at radius 3 is 2.63 bits per heavy atom. The predicted octanol–water partition coefficient (Wildman–Crippen LogP) is 0.650. The normalized spacial score (nSPS) is 11.4. The molecule has 0 spiro atoms. The highest BCUT2D eigenvalue weighted by atomic mass is 16.3. The number of amides is 2. The topological polar surface area (TPSA) is 97.2 Å². The van der Waals surface area contributed by atoms with Gasteiger partial charge < -0.3 is 21.1 Å². The first kappa shape index (κ1) is 15.0. The van der Waals surface area contributed by atoms with E-state index in [1.807, 2.05) is 6.07 Å². The first-order valence-corrected chi connectivity index (χ1v) is 6.05. The lowest BCUT2D eigenvalue weighted by Gasteiger charge is -2.09. The number of nitrogens with one attached hydrogen (secondary N) is 3. The summed E-state index contributed by atoms with van der Waals surface area (Å²) in [6.45, 7) is 3.25. The summed E-state index contributed by atoms with van der Waals surface area (Å²) in [7, 11) is 0. The Labute approximate surface area is 112 Å². The van der Waals surface area contributed by atoms with Gasteiger partial charge in [-0.05, 0) is 31.2 Å². The van der Waals surface area contributed by atoms with Gasteiger partial charge >= 0.3 is 6.03 Å². The monoisotopic (exact) mass is 262 g/mol. The van der Waals surface area contributed by atoms with Gasteiger partial charge in [0.25, 0.3) is 0 Å². The van der Waals surface area contributed by atoms with Crippen LogP contribution in [0.2, 0.25) is 0 Å². The Bertz CT molecular complexity index is 437. The lowest BCUT2D eigenvalue weighted by atomic mass is 10.2. The highest BCUT2D eigenvalue weighted by Gasteiger charge is 2.01. The molecule has 0 aliphatic carbocycles. The molecule has 0 fully saturated rings. The zero-order valence-electron chi connectivity index (χ0n) is 10.8. The molecule has 6 heteroatoms. The molecule has 1 atom stereocenters. The van der Waals surface area contributed by atoms with Crippen LogP contribution in [0.25, 0.3) is 0 Å². The standard InChI is InChI=1S/C13H18N4O2/c1-10(18)9-15-6-7-16-13(19)17-12-4-2-11(8-14)3-5-12/h2-5,10,15,18H,6-7,9H2,1H3,(H2,16,17,19). The Balaban J connectivity index is 2.22. The van der Waals surface area contributed by atoms with Gasteiger partial charge in [-0.1, -0.05) is 0 Å². The van der Waals surface area contributed by atoms with Crippen LogP contribution in [0, 0.1) is 11.3 Å². The van der Waals surface area contributed by atoms with Crippen LogP contribution in [-0.4, -0.2) is 36.9 Å². The van der Waals surface area contributed by atoms with Gasteiger partial charge in [0.1, 0.15) is 0 Å². The van der Waals surface area contributed by atoms with Gasteiger partial charge in [0.05, 0.1) is 17.7 Å². The molecule has 0 bridgehead atoms. The van der Waals surface area contributed by atoms with E-state index in [1.165, 1.54) is 0 Å². The fourth-order valence-electron chi connectivity index (χ4n) is 1.38. The van der Waals surface area contributed by atoms with E-state index in [9.17, 15) is 4.79 Å². The van der Waals surface area contributed by atoms with Crippen LogP contribution in [0.1, 0.15) is 12.5 Å². The summed E-state index contributed by atoms with van der Waals surface area (Å²) in [4.78, 5) is 11.5. The van der Waals surface area contributed by atoms with Gasteiger partial charge in [-0.25, -0.2) is 4.79 Å². The number of aliphatic hydroxyl groups excluding tert-OH is 1. The minimum absolute atomic E-state index is 0.302. The van der Waals surface area contributed by atoms with Crippen molar-refractivity contribution in [2.75, 3.05) is 25.0 Å². The zero-order valence-corrected chi connectivity index (χ0v) is 10.8. The maximum atomic E-state index is 11.5. The van der Waals surface area contributed by atoms with Crippen molar-refractivity contribution in [3.63, 3.8) is 0 Å². The number of nitrogens with zero attached hydrogens (tertiary/aromatic N) is 1. The van der Waals surface area contributed by atoms with Crippen molar-refractivity contribution < 1.29 is 9.90 Å². The fraction of sp³-hybridized carbons (Fsp3) is 0.385. The number of hydrogen-bond acceptors (Lipinski definition) is 4. The van der Waals surface area contributed by atoms with Crippen molar-refractivity contribution in [2.45, 2.75) is 13.0 Å². The first-order valence-electron chi connectivity index (χ1n) is 6.05. The zero-order chi connectivity index (χ0) is 14.1. The molecule has 0 aliphatic heterocycles. The second-order valence-corrected chi connectivity index (χ2v) is 4.12. The molecule has 0 radical (unpaired) electrons. The number of hydrogen-bond donors (Lipinski definition) is 4. The molecule has 0 aromatic heterocycles. The van der Waals surface area contributed by atoms with Gasteiger partial charge in [0.15, 0.2) is 0 Å². The molecule has 4 N–H and O–H groups in total. The Kier molecular flexibility index (Phi) is 6.36. The molecule has 0 heterocycles. The molecule has 6 nitrogen and oxygen atoms in total. The molecule has 1 rings (SSSR count). The second-order valence-electron chi connectivity index (χ2n) is 4.12. The van der Waals surface area contributed by atoms with Crippen molar-refractivity contribution in [3.05, 3.63) is 29.8 Å². The van der Waals surface area contributed by atoms with E-state index in [2.05, 4.69) is 16.0 Å². The van der Waals surface area contributed by atoms with E-state index >= 15 is 0 Å². The number of carbonyl (C=O) groups excluding carboxylic acids is 1. The number of rotatable bonds is 6. The first-order chi connectivity index (χ1) is 9.11. The van der Waals surface area contributed by atoms with Crippen LogP contribution in [0.5, 0.6) is 0 Å². The fourth-order valence-corrected chi connectivity index (χ4v) is 1.38. The van der Waals surface area contributed by atoms with Crippen LogP contribution >= 0.6 is 0 Å². The molecule has 0 aliphatic rings. The SMILES string of the molecule is CC(O)CNCCNC(=O)Nc1ccc(C#N)cc1. The number of benzene rings is 1. The minimum Gasteiger partial charge on any atom is -0.392 e. The Hall–Kier alpha value is -2.10. The Morgan fingerprint density at radius 2 is 2.05 bits per heavy atom. The highest BCUT2D eigenvalue weighted by Crippen LogP contribution is 2.08. The van der Waals surface area contributed by atoms with Crippen molar-refractivity contribution in [2.24, 2.45) is 0 Å². The average molecular weight is 262 g/mol. The van der Waals surface area contributed by atoms with Gasteiger partial charge in [-0.2, -0.15) is 5.26 Å². The van der Waals surface area contributed by atoms with Crippen LogP contribution in [-0.2, 0) is 0 Å². The van der Waals surface area contributed by atoms with Gasteiger partial charge in [-0.15, -0.1) is 0 Å². The Morgan fingerprint density at radius 1 is 1.37 bits per heavy atom. The van der Waals surface area contributed by atoms with Gasteiger partial charge in [0, 0.05) is 25.3 Å². The summed E-state index contributed by atoms with van der Waals surface area (Å²) in [5.41, 5.74) is 1.18. The van der Waals surface area contributed by atoms with Crippen LogP contribution in [0.15, 0.2) is 24.3 Å². The third-order valence-electron chi connectivity index (χ3n) is 2.30. The summed E-state index contributed by atoms with van der Waals surface area (Å²) in [5.74, 6) is 0. The second kappa shape index (κ2) is 8.08. The molecule has 0 saturated heterocycles. The van der Waals surface area contributed by atoms with E-state index < -0.39 is 6.10 Å². The smallest absolute Gasteiger partial charge is 0.319 e. The molecule has 19 heavy (non-hydrogen) atoms. The van der Waals surface area contributed by atoms with Crippen LogP contribution < -0.4 is 16.0 Å². The van der Waals surface area contributed by atoms with Crippen molar-refractivity contribution in [1.82, 2.24) is 10.6 Å². The maximum Gasteiger partial charge on any atom is 0.319 e. The van der Waals surface area contributed by atoms with E-state index in [1.54, 1.807) is 31.2 Å². The summed E-state index contributed by atoms with van der Waals surface area (Å²) in [5, 5.41) is 26.0.